The fourth-order valence-electron chi connectivity index (χ4n) is 1.76. The van der Waals surface area contributed by atoms with Gasteiger partial charge >= 0.3 is 5.97 Å². The fraction of sp³-hybridized carbons (Fsp3) is 0.0667. The van der Waals surface area contributed by atoms with Crippen LogP contribution in [0.1, 0.15) is 20.7 Å². The molecule has 2 aromatic rings. The van der Waals surface area contributed by atoms with Crippen LogP contribution in [0.5, 0.6) is 0 Å². The van der Waals surface area contributed by atoms with Gasteiger partial charge in [-0.05, 0) is 36.4 Å². The van der Waals surface area contributed by atoms with Crippen LogP contribution in [0.25, 0.3) is 0 Å². The molecule has 2 N–H and O–H groups in total. The van der Waals surface area contributed by atoms with Gasteiger partial charge in [0.05, 0.1) is 10.5 Å². The van der Waals surface area contributed by atoms with Gasteiger partial charge in [0.15, 0.2) is 12.4 Å². The zero-order valence-corrected chi connectivity index (χ0v) is 12.4. The molecular weight excluding hydrogens is 324 g/mol. The molecule has 0 aromatic heterocycles. The van der Waals surface area contributed by atoms with Crippen LogP contribution in [0, 0.1) is 10.1 Å². The maximum Gasteiger partial charge on any atom is 0.338 e. The summed E-state index contributed by atoms with van der Waals surface area (Å²) in [7, 11) is 0. The molecule has 0 atom stereocenters. The van der Waals surface area contributed by atoms with Crippen molar-refractivity contribution in [1.82, 2.24) is 0 Å². The van der Waals surface area contributed by atoms with Gasteiger partial charge in [0.1, 0.15) is 5.69 Å². The Morgan fingerprint density at radius 1 is 1.13 bits per heavy atom. The van der Waals surface area contributed by atoms with Gasteiger partial charge in [-0.25, -0.2) is 4.79 Å². The van der Waals surface area contributed by atoms with Crippen molar-refractivity contribution in [2.75, 3.05) is 12.3 Å². The van der Waals surface area contributed by atoms with Crippen LogP contribution < -0.4 is 5.73 Å². The summed E-state index contributed by atoms with van der Waals surface area (Å²) < 4.78 is 4.86. The molecule has 8 heteroatoms. The number of carbonyl (C=O) groups excluding carboxylic acids is 2. The first-order valence-corrected chi connectivity index (χ1v) is 6.76. The monoisotopic (exact) mass is 334 g/mol. The van der Waals surface area contributed by atoms with Crippen LogP contribution in [-0.2, 0) is 4.74 Å². The minimum atomic E-state index is -0.851. The first kappa shape index (κ1) is 16.4. The van der Waals surface area contributed by atoms with Gasteiger partial charge in [-0.3, -0.25) is 14.9 Å². The number of halogens is 1. The summed E-state index contributed by atoms with van der Waals surface area (Å²) in [4.78, 5) is 33.8. The van der Waals surface area contributed by atoms with Crippen molar-refractivity contribution in [3.63, 3.8) is 0 Å². The molecule has 0 bridgehead atoms. The third-order valence-electron chi connectivity index (χ3n) is 2.96. The first-order chi connectivity index (χ1) is 10.9. The van der Waals surface area contributed by atoms with Crippen LogP contribution >= 0.6 is 11.6 Å². The number of hydrogen-bond acceptors (Lipinski definition) is 6. The summed E-state index contributed by atoms with van der Waals surface area (Å²) in [5.74, 6) is -1.27. The third-order valence-corrected chi connectivity index (χ3v) is 3.22. The summed E-state index contributed by atoms with van der Waals surface area (Å²) in [6.45, 7) is -0.487. The average molecular weight is 335 g/mol. The molecule has 2 rings (SSSR count). The number of nitro benzene ring substituents is 1. The maximum atomic E-state index is 11.9. The lowest BCUT2D eigenvalue weighted by molar-refractivity contribution is -0.383. The molecule has 0 radical (unpaired) electrons. The van der Waals surface area contributed by atoms with Gasteiger partial charge in [0.25, 0.3) is 5.69 Å². The number of nitro groups is 1. The van der Waals surface area contributed by atoms with Crippen LogP contribution in [0.3, 0.4) is 0 Å². The van der Waals surface area contributed by atoms with Crippen molar-refractivity contribution < 1.29 is 19.2 Å². The van der Waals surface area contributed by atoms with Crippen molar-refractivity contribution in [3.8, 4) is 0 Å². The van der Waals surface area contributed by atoms with E-state index in [1.807, 2.05) is 0 Å². The predicted octanol–water partition coefficient (Wildman–Crippen LogP) is 2.87. The quantitative estimate of drug-likeness (QED) is 0.296. The van der Waals surface area contributed by atoms with Crippen LogP contribution in [-0.4, -0.2) is 23.3 Å². The summed E-state index contributed by atoms with van der Waals surface area (Å²) in [6, 6.07) is 9.62. The molecule has 0 aliphatic rings. The normalized spacial score (nSPS) is 10.1. The number of nitrogens with two attached hydrogens (primary N) is 1. The van der Waals surface area contributed by atoms with Crippen LogP contribution in [0.15, 0.2) is 42.5 Å². The number of benzene rings is 2. The number of nitrogens with zero attached hydrogens (tertiary/aromatic N) is 1. The van der Waals surface area contributed by atoms with Crippen LogP contribution in [0.4, 0.5) is 11.4 Å². The molecule has 0 aliphatic heterocycles. The molecule has 0 amide bonds. The lowest BCUT2D eigenvalue weighted by atomic mass is 10.1. The molecule has 23 heavy (non-hydrogen) atoms. The molecule has 118 valence electrons. The van der Waals surface area contributed by atoms with Crippen LogP contribution in [0.2, 0.25) is 5.02 Å². The van der Waals surface area contributed by atoms with Gasteiger partial charge in [0.2, 0.25) is 0 Å². The van der Waals surface area contributed by atoms with Gasteiger partial charge < -0.3 is 10.5 Å². The lowest BCUT2D eigenvalue weighted by Crippen LogP contribution is -2.14. The Hall–Kier alpha value is -2.93. The van der Waals surface area contributed by atoms with E-state index in [0.717, 1.165) is 6.07 Å². The molecule has 0 saturated carbocycles. The highest BCUT2D eigenvalue weighted by molar-refractivity contribution is 6.30. The highest BCUT2D eigenvalue weighted by Crippen LogP contribution is 2.22. The Balaban J connectivity index is 2.05. The van der Waals surface area contributed by atoms with Crippen molar-refractivity contribution in [2.45, 2.75) is 0 Å². The lowest BCUT2D eigenvalue weighted by Gasteiger charge is -2.05. The Kier molecular flexibility index (Phi) is 4.92. The minimum Gasteiger partial charge on any atom is -0.454 e. The Bertz CT molecular complexity index is 774. The standard InChI is InChI=1S/C15H11ClN2O5/c16-11-4-1-9(2-5-11)14(19)8-23-15(20)10-3-6-12(17)13(7-10)18(21)22/h1-7H,8,17H2. The zero-order chi connectivity index (χ0) is 17.0. The third kappa shape index (κ3) is 4.04. The van der Waals surface area contributed by atoms with E-state index in [2.05, 4.69) is 0 Å². The van der Waals surface area contributed by atoms with Crippen molar-refractivity contribution in [1.29, 1.82) is 0 Å². The minimum absolute atomic E-state index is 0.0604. The van der Waals surface area contributed by atoms with Gasteiger partial charge in [-0.1, -0.05) is 11.6 Å². The molecule has 0 fully saturated rings. The maximum absolute atomic E-state index is 11.9. The summed E-state index contributed by atoms with van der Waals surface area (Å²) in [5.41, 5.74) is 5.25. The molecule has 2 aromatic carbocycles. The molecule has 0 unspecified atom stereocenters. The van der Waals surface area contributed by atoms with E-state index in [9.17, 15) is 19.7 Å². The van der Waals surface area contributed by atoms with E-state index in [4.69, 9.17) is 22.1 Å². The number of esters is 1. The van der Waals surface area contributed by atoms with E-state index >= 15 is 0 Å². The topological polar surface area (TPSA) is 113 Å². The fourth-order valence-corrected chi connectivity index (χ4v) is 1.89. The number of ketones is 1. The first-order valence-electron chi connectivity index (χ1n) is 6.38. The number of carbonyl (C=O) groups is 2. The largest absolute Gasteiger partial charge is 0.454 e. The van der Waals surface area contributed by atoms with Crippen molar-refractivity contribution in [2.24, 2.45) is 0 Å². The van der Waals surface area contributed by atoms with Crippen molar-refractivity contribution in [3.05, 3.63) is 68.7 Å². The number of ether oxygens (including phenoxy) is 1. The SMILES string of the molecule is Nc1ccc(C(=O)OCC(=O)c2ccc(Cl)cc2)cc1[N+](=O)[O-]. The molecule has 0 spiro atoms. The van der Waals surface area contributed by atoms with E-state index < -0.39 is 29.0 Å². The van der Waals surface area contributed by atoms with Gasteiger partial charge in [0, 0.05) is 16.7 Å². The number of Topliss-reactive ketones (excluding diaryl/α,β-unsaturated/α-hetero) is 1. The average Bonchev–Trinajstić information content (AvgIpc) is 2.53. The summed E-state index contributed by atoms with van der Waals surface area (Å²) in [5, 5.41) is 11.3. The Morgan fingerprint density at radius 2 is 1.74 bits per heavy atom. The summed E-state index contributed by atoms with van der Waals surface area (Å²) in [6.07, 6.45) is 0. The molecule has 0 heterocycles. The number of hydrogen-bond donors (Lipinski definition) is 1. The Morgan fingerprint density at radius 3 is 2.35 bits per heavy atom. The Labute approximate surface area is 135 Å². The predicted molar refractivity (Wildman–Crippen MR) is 83.6 cm³/mol. The molecule has 0 aliphatic carbocycles. The number of nitrogen functional groups attached to an aromatic ring is 1. The van der Waals surface area contributed by atoms with E-state index in [-0.39, 0.29) is 11.3 Å². The molecule has 7 nitrogen and oxygen atoms in total. The zero-order valence-electron chi connectivity index (χ0n) is 11.7. The van der Waals surface area contributed by atoms with E-state index in [0.29, 0.717) is 10.6 Å². The second-order valence-corrected chi connectivity index (χ2v) is 4.97. The number of rotatable bonds is 5. The molecular formula is C15H11ClN2O5. The van der Waals surface area contributed by atoms with Crippen molar-refractivity contribution >= 4 is 34.7 Å². The summed E-state index contributed by atoms with van der Waals surface area (Å²) >= 11 is 5.72. The number of anilines is 1. The van der Waals surface area contributed by atoms with Gasteiger partial charge in [-0.15, -0.1) is 0 Å². The van der Waals surface area contributed by atoms with Gasteiger partial charge in [-0.2, -0.15) is 0 Å². The second kappa shape index (κ2) is 6.89. The second-order valence-electron chi connectivity index (χ2n) is 4.54. The van der Waals surface area contributed by atoms with E-state index in [1.165, 1.54) is 24.3 Å². The van der Waals surface area contributed by atoms with E-state index in [1.54, 1.807) is 12.1 Å². The highest BCUT2D eigenvalue weighted by atomic mass is 35.5. The molecule has 0 saturated heterocycles. The smallest absolute Gasteiger partial charge is 0.338 e. The highest BCUT2D eigenvalue weighted by Gasteiger charge is 2.17.